The van der Waals surface area contributed by atoms with Gasteiger partial charge in [0.2, 0.25) is 0 Å². The van der Waals surface area contributed by atoms with Crippen molar-refractivity contribution in [1.82, 2.24) is 0 Å². The van der Waals surface area contributed by atoms with Crippen molar-refractivity contribution in [3.8, 4) is 0 Å². The van der Waals surface area contributed by atoms with Gasteiger partial charge in [-0.05, 0) is 36.8 Å². The number of benzene rings is 1. The molecule has 1 heterocycles. The summed E-state index contributed by atoms with van der Waals surface area (Å²) in [7, 11) is 0. The molecule has 1 heteroatoms. The Bertz CT molecular complexity index is 534. The highest BCUT2D eigenvalue weighted by atomic mass is 16.3. The van der Waals surface area contributed by atoms with Gasteiger partial charge < -0.3 is 4.42 Å². The van der Waals surface area contributed by atoms with Crippen molar-refractivity contribution >= 4 is 10.8 Å². The van der Waals surface area contributed by atoms with E-state index < -0.39 is 0 Å². The molecule has 2 aromatic rings. The van der Waals surface area contributed by atoms with Crippen molar-refractivity contribution in [2.75, 3.05) is 0 Å². The Morgan fingerprint density at radius 2 is 2.12 bits per heavy atom. The van der Waals surface area contributed by atoms with Gasteiger partial charge in [-0.15, -0.1) is 0 Å². The SMILES string of the molecule is Cc1cc2c3c(occ3c1)CCC2C(C)C. The molecule has 0 radical (unpaired) electrons. The molecule has 0 saturated carbocycles. The zero-order chi connectivity index (χ0) is 11.3. The predicted molar refractivity (Wildman–Crippen MR) is 66.9 cm³/mol. The molecule has 0 bridgehead atoms. The Balaban J connectivity index is 2.31. The van der Waals surface area contributed by atoms with Crippen LogP contribution in [0, 0.1) is 12.8 Å². The minimum Gasteiger partial charge on any atom is -0.468 e. The second-order valence-corrected chi connectivity index (χ2v) is 5.37. The van der Waals surface area contributed by atoms with Gasteiger partial charge >= 0.3 is 0 Å². The molecule has 3 rings (SSSR count). The highest BCUT2D eigenvalue weighted by molar-refractivity contribution is 5.89. The van der Waals surface area contributed by atoms with E-state index in [4.69, 9.17) is 4.42 Å². The Labute approximate surface area is 96.5 Å². The van der Waals surface area contributed by atoms with Gasteiger partial charge in [-0.25, -0.2) is 0 Å². The van der Waals surface area contributed by atoms with Crippen LogP contribution in [0.4, 0.5) is 0 Å². The standard InChI is InChI=1S/C15H18O/c1-9(2)12-4-5-14-15-11(8-16-14)6-10(3)7-13(12)15/h6-9,12H,4-5H2,1-3H3. The lowest BCUT2D eigenvalue weighted by molar-refractivity contribution is 0.427. The van der Waals surface area contributed by atoms with E-state index in [-0.39, 0.29) is 0 Å². The molecule has 1 atom stereocenters. The van der Waals surface area contributed by atoms with Crippen LogP contribution in [0.15, 0.2) is 22.8 Å². The maximum absolute atomic E-state index is 5.68. The van der Waals surface area contributed by atoms with Crippen LogP contribution >= 0.6 is 0 Å². The molecule has 84 valence electrons. The second kappa shape index (κ2) is 3.38. The van der Waals surface area contributed by atoms with E-state index in [2.05, 4.69) is 32.9 Å². The normalized spacial score (nSPS) is 19.6. The number of furan rings is 1. The number of aryl methyl sites for hydroxylation is 2. The molecule has 0 spiro atoms. The van der Waals surface area contributed by atoms with Crippen LogP contribution in [0.3, 0.4) is 0 Å². The van der Waals surface area contributed by atoms with Crippen molar-refractivity contribution in [1.29, 1.82) is 0 Å². The Morgan fingerprint density at radius 1 is 1.31 bits per heavy atom. The lowest BCUT2D eigenvalue weighted by Gasteiger charge is -2.26. The first kappa shape index (κ1) is 9.95. The van der Waals surface area contributed by atoms with Gasteiger partial charge in [0, 0.05) is 17.2 Å². The predicted octanol–water partition coefficient (Wildman–Crippen LogP) is 4.43. The number of hydrogen-bond donors (Lipinski definition) is 0. The molecule has 1 aromatic carbocycles. The number of rotatable bonds is 1. The maximum atomic E-state index is 5.68. The Kier molecular flexibility index (Phi) is 2.10. The fourth-order valence-electron chi connectivity index (χ4n) is 3.06. The Morgan fingerprint density at radius 3 is 2.88 bits per heavy atom. The molecule has 0 fully saturated rings. The summed E-state index contributed by atoms with van der Waals surface area (Å²) in [5.41, 5.74) is 2.86. The van der Waals surface area contributed by atoms with Crippen molar-refractivity contribution < 1.29 is 4.42 Å². The van der Waals surface area contributed by atoms with E-state index in [9.17, 15) is 0 Å². The van der Waals surface area contributed by atoms with Crippen LogP contribution in [0.2, 0.25) is 0 Å². The molecular weight excluding hydrogens is 196 g/mol. The second-order valence-electron chi connectivity index (χ2n) is 5.37. The van der Waals surface area contributed by atoms with E-state index in [1.165, 1.54) is 34.1 Å². The quantitative estimate of drug-likeness (QED) is 0.684. The molecule has 0 amide bonds. The molecule has 1 aliphatic rings. The van der Waals surface area contributed by atoms with Gasteiger partial charge in [0.05, 0.1) is 6.26 Å². The van der Waals surface area contributed by atoms with Crippen LogP contribution in [0.1, 0.15) is 43.1 Å². The van der Waals surface area contributed by atoms with Crippen molar-refractivity contribution in [3.05, 3.63) is 35.3 Å². The molecule has 1 nitrogen and oxygen atoms in total. The lowest BCUT2D eigenvalue weighted by Crippen LogP contribution is -2.12. The topological polar surface area (TPSA) is 13.1 Å². The molecule has 16 heavy (non-hydrogen) atoms. The fourth-order valence-corrected chi connectivity index (χ4v) is 3.06. The van der Waals surface area contributed by atoms with E-state index in [1.807, 2.05) is 6.26 Å². The third-order valence-corrected chi connectivity index (χ3v) is 3.84. The highest BCUT2D eigenvalue weighted by Crippen LogP contribution is 2.41. The molecular formula is C15H18O. The van der Waals surface area contributed by atoms with E-state index in [0.29, 0.717) is 11.8 Å². The fraction of sp³-hybridized carbons (Fsp3) is 0.467. The molecule has 0 N–H and O–H groups in total. The average Bonchev–Trinajstić information content (AvgIpc) is 2.62. The summed E-state index contributed by atoms with van der Waals surface area (Å²) < 4.78 is 5.68. The van der Waals surface area contributed by atoms with Crippen LogP contribution < -0.4 is 0 Å². The average molecular weight is 214 g/mol. The van der Waals surface area contributed by atoms with Crippen molar-refractivity contribution in [3.63, 3.8) is 0 Å². The monoisotopic (exact) mass is 214 g/mol. The first-order valence-electron chi connectivity index (χ1n) is 6.17. The van der Waals surface area contributed by atoms with Crippen LogP contribution in [0.5, 0.6) is 0 Å². The summed E-state index contributed by atoms with van der Waals surface area (Å²) in [4.78, 5) is 0. The third kappa shape index (κ3) is 1.31. The van der Waals surface area contributed by atoms with E-state index in [1.54, 1.807) is 0 Å². The summed E-state index contributed by atoms with van der Waals surface area (Å²) in [6, 6.07) is 4.58. The van der Waals surface area contributed by atoms with Crippen LogP contribution in [-0.4, -0.2) is 0 Å². The largest absolute Gasteiger partial charge is 0.468 e. The summed E-state index contributed by atoms with van der Waals surface area (Å²) >= 11 is 0. The summed E-state index contributed by atoms with van der Waals surface area (Å²) in [6.07, 6.45) is 4.25. The van der Waals surface area contributed by atoms with Gasteiger partial charge in [-0.2, -0.15) is 0 Å². The smallest absolute Gasteiger partial charge is 0.111 e. The third-order valence-electron chi connectivity index (χ3n) is 3.84. The van der Waals surface area contributed by atoms with Gasteiger partial charge in [0.15, 0.2) is 0 Å². The molecule has 0 aliphatic heterocycles. The maximum Gasteiger partial charge on any atom is 0.111 e. The zero-order valence-electron chi connectivity index (χ0n) is 10.2. The van der Waals surface area contributed by atoms with Gasteiger partial charge in [-0.1, -0.05) is 25.5 Å². The minimum atomic E-state index is 0.701. The van der Waals surface area contributed by atoms with Crippen molar-refractivity contribution in [2.24, 2.45) is 5.92 Å². The summed E-state index contributed by atoms with van der Waals surface area (Å²) in [5, 5.41) is 2.69. The van der Waals surface area contributed by atoms with Crippen LogP contribution in [0.25, 0.3) is 10.8 Å². The first-order chi connectivity index (χ1) is 7.66. The van der Waals surface area contributed by atoms with E-state index in [0.717, 1.165) is 6.42 Å². The Hall–Kier alpha value is -1.24. The molecule has 1 aliphatic carbocycles. The van der Waals surface area contributed by atoms with Gasteiger partial charge in [0.25, 0.3) is 0 Å². The zero-order valence-corrected chi connectivity index (χ0v) is 10.2. The summed E-state index contributed by atoms with van der Waals surface area (Å²) in [5.74, 6) is 2.61. The van der Waals surface area contributed by atoms with Crippen molar-refractivity contribution in [2.45, 2.75) is 39.5 Å². The van der Waals surface area contributed by atoms with E-state index >= 15 is 0 Å². The van der Waals surface area contributed by atoms with Gasteiger partial charge in [0.1, 0.15) is 5.76 Å². The minimum absolute atomic E-state index is 0.701. The molecule has 1 aromatic heterocycles. The summed E-state index contributed by atoms with van der Waals surface area (Å²) in [6.45, 7) is 6.82. The highest BCUT2D eigenvalue weighted by Gasteiger charge is 2.26. The first-order valence-corrected chi connectivity index (χ1v) is 6.17. The van der Waals surface area contributed by atoms with Gasteiger partial charge in [-0.3, -0.25) is 0 Å². The number of hydrogen-bond acceptors (Lipinski definition) is 1. The lowest BCUT2D eigenvalue weighted by atomic mass is 9.78. The molecule has 1 unspecified atom stereocenters. The molecule has 0 saturated heterocycles. The van der Waals surface area contributed by atoms with Crippen LogP contribution in [-0.2, 0) is 6.42 Å².